The number of hydrogen-bond donors (Lipinski definition) is 1. The molecule has 0 radical (unpaired) electrons. The molecule has 1 aliphatic rings. The van der Waals surface area contributed by atoms with Gasteiger partial charge in [0.1, 0.15) is 5.75 Å². The van der Waals surface area contributed by atoms with Crippen molar-refractivity contribution in [1.82, 2.24) is 10.2 Å². The first-order valence-corrected chi connectivity index (χ1v) is 9.58. The summed E-state index contributed by atoms with van der Waals surface area (Å²) in [6.07, 6.45) is 1.90. The monoisotopic (exact) mass is 396 g/mol. The molecule has 6 nitrogen and oxygen atoms in total. The number of methoxy groups -OCH3 is 1. The number of carbonyl (C=O) groups excluding carboxylic acids is 3. The average Bonchev–Trinajstić information content (AvgIpc) is 2.96. The van der Waals surface area contributed by atoms with Crippen molar-refractivity contribution in [3.8, 4) is 5.75 Å². The van der Waals surface area contributed by atoms with E-state index in [0.717, 1.165) is 27.8 Å². The van der Waals surface area contributed by atoms with E-state index in [1.54, 1.807) is 19.3 Å². The van der Waals surface area contributed by atoms with E-state index in [1.807, 2.05) is 48.5 Å². The molecule has 3 rings (SSSR count). The molecule has 1 fully saturated rings. The number of ether oxygens (including phenoxy) is 1. The minimum atomic E-state index is -0.333. The Morgan fingerprint density at radius 2 is 1.93 bits per heavy atom. The van der Waals surface area contributed by atoms with Gasteiger partial charge in [-0.3, -0.25) is 19.3 Å². The fraction of sp³-hybridized carbons (Fsp3) is 0.190. The Hall–Kier alpha value is -3.06. The van der Waals surface area contributed by atoms with Gasteiger partial charge >= 0.3 is 0 Å². The van der Waals surface area contributed by atoms with E-state index < -0.39 is 0 Å². The Morgan fingerprint density at radius 3 is 2.68 bits per heavy atom. The lowest BCUT2D eigenvalue weighted by Crippen LogP contribution is -2.37. The van der Waals surface area contributed by atoms with Gasteiger partial charge in [-0.05, 0) is 41.1 Å². The van der Waals surface area contributed by atoms with Crippen molar-refractivity contribution in [3.05, 3.63) is 70.6 Å². The number of benzene rings is 2. The zero-order valence-corrected chi connectivity index (χ0v) is 16.2. The number of hydrogen-bond acceptors (Lipinski definition) is 5. The van der Waals surface area contributed by atoms with Gasteiger partial charge in [0, 0.05) is 13.1 Å². The molecule has 1 saturated heterocycles. The summed E-state index contributed by atoms with van der Waals surface area (Å²) in [7, 11) is 1.57. The van der Waals surface area contributed by atoms with Crippen molar-refractivity contribution in [1.29, 1.82) is 0 Å². The van der Waals surface area contributed by atoms with Crippen LogP contribution in [-0.4, -0.2) is 42.2 Å². The minimum Gasteiger partial charge on any atom is -0.497 e. The number of nitrogens with one attached hydrogen (secondary N) is 1. The van der Waals surface area contributed by atoms with E-state index in [2.05, 4.69) is 5.32 Å². The summed E-state index contributed by atoms with van der Waals surface area (Å²) in [5.74, 6) is 0.175. The summed E-state index contributed by atoms with van der Waals surface area (Å²) < 4.78 is 5.14. The predicted molar refractivity (Wildman–Crippen MR) is 109 cm³/mol. The van der Waals surface area contributed by atoms with Gasteiger partial charge in [-0.15, -0.1) is 0 Å². The molecule has 3 amide bonds. The van der Waals surface area contributed by atoms with E-state index in [9.17, 15) is 14.4 Å². The lowest BCUT2D eigenvalue weighted by molar-refractivity contribution is -0.124. The Labute approximate surface area is 167 Å². The third-order valence-electron chi connectivity index (χ3n) is 4.13. The first-order valence-electron chi connectivity index (χ1n) is 8.77. The second-order valence-electron chi connectivity index (χ2n) is 6.12. The maximum absolute atomic E-state index is 12.4. The van der Waals surface area contributed by atoms with Gasteiger partial charge in [0.05, 0.1) is 18.4 Å². The highest BCUT2D eigenvalue weighted by molar-refractivity contribution is 8.18. The van der Waals surface area contributed by atoms with Gasteiger partial charge in [0.15, 0.2) is 0 Å². The highest BCUT2D eigenvalue weighted by Gasteiger charge is 2.34. The molecule has 0 bridgehead atoms. The van der Waals surface area contributed by atoms with Crippen molar-refractivity contribution in [3.63, 3.8) is 0 Å². The summed E-state index contributed by atoms with van der Waals surface area (Å²) in [5, 5.41) is 2.42. The summed E-state index contributed by atoms with van der Waals surface area (Å²) >= 11 is 0.914. The number of nitrogens with zero attached hydrogens (tertiary/aromatic N) is 1. The number of thioether (sulfide) groups is 1. The third kappa shape index (κ3) is 5.01. The second kappa shape index (κ2) is 9.23. The molecule has 144 valence electrons. The maximum Gasteiger partial charge on any atom is 0.293 e. The van der Waals surface area contributed by atoms with E-state index in [0.29, 0.717) is 10.7 Å². The van der Waals surface area contributed by atoms with Gasteiger partial charge in [-0.1, -0.05) is 42.5 Å². The summed E-state index contributed by atoms with van der Waals surface area (Å²) in [5.41, 5.74) is 1.69. The third-order valence-corrected chi connectivity index (χ3v) is 5.03. The average molecular weight is 396 g/mol. The molecule has 28 heavy (non-hydrogen) atoms. The molecular formula is C21H20N2O4S. The smallest absolute Gasteiger partial charge is 0.293 e. The van der Waals surface area contributed by atoms with Crippen LogP contribution in [-0.2, 0) is 16.0 Å². The van der Waals surface area contributed by atoms with Gasteiger partial charge in [0.2, 0.25) is 5.91 Å². The van der Waals surface area contributed by atoms with Crippen molar-refractivity contribution < 1.29 is 19.1 Å². The fourth-order valence-electron chi connectivity index (χ4n) is 2.73. The zero-order chi connectivity index (χ0) is 19.9. The minimum absolute atomic E-state index is 0.140. The lowest BCUT2D eigenvalue weighted by atomic mass is 10.1. The van der Waals surface area contributed by atoms with Crippen LogP contribution in [0.4, 0.5) is 4.79 Å². The summed E-state index contributed by atoms with van der Waals surface area (Å²) in [6.45, 7) is 0.347. The van der Waals surface area contributed by atoms with Gasteiger partial charge < -0.3 is 10.1 Å². The van der Waals surface area contributed by atoms with Crippen LogP contribution in [0.1, 0.15) is 11.1 Å². The van der Waals surface area contributed by atoms with Crippen LogP contribution in [0.2, 0.25) is 0 Å². The molecule has 0 aromatic heterocycles. The lowest BCUT2D eigenvalue weighted by Gasteiger charge is -2.13. The quantitative estimate of drug-likeness (QED) is 0.728. The molecule has 1 heterocycles. The highest BCUT2D eigenvalue weighted by Crippen LogP contribution is 2.31. The fourth-order valence-corrected chi connectivity index (χ4v) is 3.60. The summed E-state index contributed by atoms with van der Waals surface area (Å²) in [6, 6.07) is 16.6. The SMILES string of the molecule is COc1cccc(CC(=O)NCCN2C(=O)S/C(=C/c3ccccc3)C2=O)c1. The Morgan fingerprint density at radius 1 is 1.14 bits per heavy atom. The number of carbonyl (C=O) groups is 3. The number of imide groups is 1. The van der Waals surface area contributed by atoms with Gasteiger partial charge in [-0.2, -0.15) is 0 Å². The highest BCUT2D eigenvalue weighted by atomic mass is 32.2. The van der Waals surface area contributed by atoms with E-state index in [4.69, 9.17) is 4.74 Å². The summed E-state index contributed by atoms with van der Waals surface area (Å²) in [4.78, 5) is 38.2. The molecule has 0 unspecified atom stereocenters. The van der Waals surface area contributed by atoms with Crippen LogP contribution in [0.3, 0.4) is 0 Å². The molecule has 1 N–H and O–H groups in total. The van der Waals surface area contributed by atoms with Crippen LogP contribution in [0, 0.1) is 0 Å². The maximum atomic E-state index is 12.4. The molecule has 0 aliphatic carbocycles. The van der Waals surface area contributed by atoms with E-state index in [1.165, 1.54) is 0 Å². The van der Waals surface area contributed by atoms with Crippen molar-refractivity contribution in [2.24, 2.45) is 0 Å². The van der Waals surface area contributed by atoms with Gasteiger partial charge in [0.25, 0.3) is 11.1 Å². The van der Waals surface area contributed by atoms with Crippen LogP contribution in [0.25, 0.3) is 6.08 Å². The molecule has 2 aromatic carbocycles. The topological polar surface area (TPSA) is 75.7 Å². The molecular weight excluding hydrogens is 376 g/mol. The van der Waals surface area contributed by atoms with Crippen molar-refractivity contribution in [2.75, 3.05) is 20.2 Å². The van der Waals surface area contributed by atoms with Crippen molar-refractivity contribution >= 4 is 34.9 Å². The molecule has 0 spiro atoms. The standard InChI is InChI=1S/C21H20N2O4S/c1-27-17-9-5-8-16(12-17)14-19(24)22-10-11-23-20(25)18(28-21(23)26)13-15-6-3-2-4-7-15/h2-9,12-13H,10-11,14H2,1H3,(H,22,24)/b18-13+. The van der Waals surface area contributed by atoms with Crippen LogP contribution in [0.5, 0.6) is 5.75 Å². The molecule has 2 aromatic rings. The normalized spacial score (nSPS) is 15.2. The van der Waals surface area contributed by atoms with Crippen molar-refractivity contribution in [2.45, 2.75) is 6.42 Å². The number of rotatable bonds is 7. The van der Waals surface area contributed by atoms with Crippen LogP contribution < -0.4 is 10.1 Å². The number of amides is 3. The first kappa shape index (κ1) is 19.7. The second-order valence-corrected chi connectivity index (χ2v) is 7.12. The van der Waals surface area contributed by atoms with Crippen LogP contribution in [0.15, 0.2) is 59.5 Å². The predicted octanol–water partition coefficient (Wildman–Crippen LogP) is 3.09. The van der Waals surface area contributed by atoms with E-state index in [-0.39, 0.29) is 36.6 Å². The molecule has 1 aliphatic heterocycles. The Kier molecular flexibility index (Phi) is 6.49. The molecule has 0 atom stereocenters. The van der Waals surface area contributed by atoms with Gasteiger partial charge in [-0.25, -0.2) is 0 Å². The van der Waals surface area contributed by atoms with E-state index >= 15 is 0 Å². The molecule has 7 heteroatoms. The van der Waals surface area contributed by atoms with Crippen LogP contribution >= 0.6 is 11.8 Å². The Bertz CT molecular complexity index is 912. The first-order chi connectivity index (χ1) is 13.6. The molecule has 0 saturated carbocycles. The largest absolute Gasteiger partial charge is 0.497 e. The zero-order valence-electron chi connectivity index (χ0n) is 15.4. The Balaban J connectivity index is 1.51.